The molecule has 1 aromatic carbocycles. The predicted molar refractivity (Wildman–Crippen MR) is 98.1 cm³/mol. The molecule has 1 aliphatic heterocycles. The maximum absolute atomic E-state index is 14.5. The van der Waals surface area contributed by atoms with Gasteiger partial charge in [0.15, 0.2) is 5.78 Å². The number of benzene rings is 1. The van der Waals surface area contributed by atoms with Crippen LogP contribution in [0.25, 0.3) is 0 Å². The first-order valence-corrected chi connectivity index (χ1v) is 8.61. The van der Waals surface area contributed by atoms with Crippen LogP contribution in [0.2, 0.25) is 5.02 Å². The predicted octanol–water partition coefficient (Wildman–Crippen LogP) is 3.29. The molecule has 0 spiro atoms. The summed E-state index contributed by atoms with van der Waals surface area (Å²) in [5.41, 5.74) is 6.41. The van der Waals surface area contributed by atoms with Gasteiger partial charge in [0.2, 0.25) is 0 Å². The number of ketones is 1. The van der Waals surface area contributed by atoms with E-state index in [0.717, 1.165) is 0 Å². The molecule has 2 aromatic rings. The topological polar surface area (TPSA) is 77.6 Å². The van der Waals surface area contributed by atoms with Gasteiger partial charge in [-0.2, -0.15) is 0 Å². The van der Waals surface area contributed by atoms with Crippen molar-refractivity contribution in [3.05, 3.63) is 64.2 Å². The van der Waals surface area contributed by atoms with Gasteiger partial charge in [-0.25, -0.2) is 4.39 Å². The van der Waals surface area contributed by atoms with Gasteiger partial charge in [-0.1, -0.05) is 17.7 Å². The van der Waals surface area contributed by atoms with Crippen LogP contribution in [-0.4, -0.2) is 29.8 Å². The highest BCUT2D eigenvalue weighted by molar-refractivity contribution is 6.30. The number of aromatic nitrogens is 1. The lowest BCUT2D eigenvalue weighted by Crippen LogP contribution is -2.25. The van der Waals surface area contributed by atoms with Crippen molar-refractivity contribution in [1.29, 1.82) is 0 Å². The zero-order valence-corrected chi connectivity index (χ0v) is 15.1. The SMILES string of the molecule is C[C@@]1(c2cc(CC(=O)c3ccc(Cl)cn3)ccc2F)CCOCC(N)=N1. The molecule has 1 aliphatic rings. The van der Waals surface area contributed by atoms with E-state index in [1.165, 1.54) is 12.3 Å². The summed E-state index contributed by atoms with van der Waals surface area (Å²) in [4.78, 5) is 20.9. The minimum Gasteiger partial charge on any atom is -0.386 e. The summed E-state index contributed by atoms with van der Waals surface area (Å²) in [5.74, 6) is -0.223. The zero-order chi connectivity index (χ0) is 18.7. The Morgan fingerprint density at radius 3 is 2.92 bits per heavy atom. The van der Waals surface area contributed by atoms with E-state index < -0.39 is 5.54 Å². The van der Waals surface area contributed by atoms with Gasteiger partial charge in [0.25, 0.3) is 0 Å². The molecule has 2 heterocycles. The molecule has 3 rings (SSSR count). The van der Waals surface area contributed by atoms with Gasteiger partial charge < -0.3 is 10.5 Å². The quantitative estimate of drug-likeness (QED) is 0.832. The van der Waals surface area contributed by atoms with E-state index in [4.69, 9.17) is 22.1 Å². The van der Waals surface area contributed by atoms with Crippen molar-refractivity contribution < 1.29 is 13.9 Å². The Balaban J connectivity index is 1.89. The Morgan fingerprint density at radius 1 is 1.38 bits per heavy atom. The number of nitrogens with two attached hydrogens (primary N) is 1. The summed E-state index contributed by atoms with van der Waals surface area (Å²) >= 11 is 5.79. The molecule has 0 saturated carbocycles. The van der Waals surface area contributed by atoms with E-state index in [2.05, 4.69) is 9.98 Å². The van der Waals surface area contributed by atoms with Gasteiger partial charge in [0.05, 0.1) is 10.6 Å². The van der Waals surface area contributed by atoms with Gasteiger partial charge in [0.1, 0.15) is 24.0 Å². The molecular weight excluding hydrogens is 357 g/mol. The minimum atomic E-state index is -0.831. The van der Waals surface area contributed by atoms with Crippen LogP contribution >= 0.6 is 11.6 Å². The Labute approximate surface area is 156 Å². The fourth-order valence-electron chi connectivity index (χ4n) is 2.96. The molecule has 1 atom stereocenters. The summed E-state index contributed by atoms with van der Waals surface area (Å²) in [7, 11) is 0. The molecule has 5 nitrogen and oxygen atoms in total. The highest BCUT2D eigenvalue weighted by atomic mass is 35.5. The maximum Gasteiger partial charge on any atom is 0.185 e. The van der Waals surface area contributed by atoms with Gasteiger partial charge in [-0.15, -0.1) is 0 Å². The first-order valence-electron chi connectivity index (χ1n) is 8.23. The van der Waals surface area contributed by atoms with Gasteiger partial charge in [-0.05, 0) is 43.2 Å². The molecule has 7 heteroatoms. The highest BCUT2D eigenvalue weighted by Gasteiger charge is 2.31. The van der Waals surface area contributed by atoms with Crippen molar-refractivity contribution in [1.82, 2.24) is 4.98 Å². The van der Waals surface area contributed by atoms with E-state index in [-0.39, 0.29) is 24.6 Å². The second kappa shape index (κ2) is 7.51. The van der Waals surface area contributed by atoms with Crippen molar-refractivity contribution in [3.63, 3.8) is 0 Å². The lowest BCUT2D eigenvalue weighted by molar-refractivity contribution is 0.0988. The molecular formula is C19H19ClFN3O2. The lowest BCUT2D eigenvalue weighted by atomic mass is 9.87. The first kappa shape index (κ1) is 18.5. The Morgan fingerprint density at radius 2 is 2.19 bits per heavy atom. The molecule has 0 saturated heterocycles. The average molecular weight is 376 g/mol. The fourth-order valence-corrected chi connectivity index (χ4v) is 3.07. The molecule has 136 valence electrons. The average Bonchev–Trinajstić information content (AvgIpc) is 2.78. The Hall–Kier alpha value is -2.31. The van der Waals surface area contributed by atoms with Crippen molar-refractivity contribution in [3.8, 4) is 0 Å². The van der Waals surface area contributed by atoms with E-state index in [0.29, 0.717) is 40.7 Å². The number of aliphatic imine (C=N–C) groups is 1. The Bertz CT molecular complexity index is 854. The largest absolute Gasteiger partial charge is 0.386 e. The van der Waals surface area contributed by atoms with Gasteiger partial charge in [-0.3, -0.25) is 14.8 Å². The summed E-state index contributed by atoms with van der Waals surface area (Å²) in [6.45, 7) is 2.48. The zero-order valence-electron chi connectivity index (χ0n) is 14.3. The standard InChI is InChI=1S/C19H19ClFN3O2/c1-19(6-7-26-11-18(22)24-19)14-8-12(2-4-15(14)21)9-17(25)16-5-3-13(20)10-23-16/h2-5,8,10H,6-7,9,11H2,1H3,(H2,22,24)/t19-/m0/s1. The van der Waals surface area contributed by atoms with Crippen LogP contribution in [0.5, 0.6) is 0 Å². The van der Waals surface area contributed by atoms with Crippen molar-refractivity contribution in [2.75, 3.05) is 13.2 Å². The van der Waals surface area contributed by atoms with Crippen LogP contribution in [-0.2, 0) is 16.7 Å². The smallest absolute Gasteiger partial charge is 0.185 e. The summed E-state index contributed by atoms with van der Waals surface area (Å²) < 4.78 is 19.9. The normalized spacial score (nSPS) is 20.3. The maximum atomic E-state index is 14.5. The number of carbonyl (C=O) groups is 1. The molecule has 0 amide bonds. The monoisotopic (exact) mass is 375 g/mol. The number of nitrogens with zero attached hydrogens (tertiary/aromatic N) is 2. The molecule has 0 aliphatic carbocycles. The van der Waals surface area contributed by atoms with Gasteiger partial charge in [0, 0.05) is 24.8 Å². The number of hydrogen-bond acceptors (Lipinski definition) is 5. The number of pyridine rings is 1. The number of Topliss-reactive ketones (excluding diaryl/α,β-unsaturated/α-hetero) is 1. The number of carbonyl (C=O) groups excluding carboxylic acids is 1. The van der Waals surface area contributed by atoms with Crippen LogP contribution in [0.3, 0.4) is 0 Å². The number of ether oxygens (including phenoxy) is 1. The third-order valence-corrected chi connectivity index (χ3v) is 4.59. The number of rotatable bonds is 4. The summed E-state index contributed by atoms with van der Waals surface area (Å²) in [6.07, 6.45) is 2.03. The summed E-state index contributed by atoms with van der Waals surface area (Å²) in [5, 5.41) is 0.463. The molecule has 1 aromatic heterocycles. The molecule has 0 unspecified atom stereocenters. The van der Waals surface area contributed by atoms with Crippen molar-refractivity contribution >= 4 is 23.2 Å². The van der Waals surface area contributed by atoms with E-state index >= 15 is 0 Å². The molecule has 0 fully saturated rings. The van der Waals surface area contributed by atoms with Crippen LogP contribution in [0, 0.1) is 5.82 Å². The summed E-state index contributed by atoms with van der Waals surface area (Å²) in [6, 6.07) is 7.81. The number of amidine groups is 1. The van der Waals surface area contributed by atoms with E-state index in [1.807, 2.05) is 6.92 Å². The van der Waals surface area contributed by atoms with E-state index in [1.54, 1.807) is 24.3 Å². The van der Waals surface area contributed by atoms with Crippen LogP contribution in [0.15, 0.2) is 41.5 Å². The number of hydrogen-bond donors (Lipinski definition) is 1. The van der Waals surface area contributed by atoms with Crippen LogP contribution < -0.4 is 5.73 Å². The van der Waals surface area contributed by atoms with Crippen LogP contribution in [0.1, 0.15) is 35.0 Å². The molecule has 26 heavy (non-hydrogen) atoms. The first-order chi connectivity index (χ1) is 12.4. The van der Waals surface area contributed by atoms with E-state index in [9.17, 15) is 9.18 Å². The molecule has 2 N–H and O–H groups in total. The highest BCUT2D eigenvalue weighted by Crippen LogP contribution is 2.33. The van der Waals surface area contributed by atoms with Crippen LogP contribution in [0.4, 0.5) is 4.39 Å². The second-order valence-electron chi connectivity index (χ2n) is 6.46. The van der Waals surface area contributed by atoms with Gasteiger partial charge >= 0.3 is 0 Å². The van der Waals surface area contributed by atoms with Crippen molar-refractivity contribution in [2.24, 2.45) is 10.7 Å². The number of halogens is 2. The third kappa shape index (κ3) is 4.08. The lowest BCUT2D eigenvalue weighted by Gasteiger charge is -2.25. The minimum absolute atomic E-state index is 0.105. The third-order valence-electron chi connectivity index (χ3n) is 4.36. The Kier molecular flexibility index (Phi) is 5.34. The molecule has 0 radical (unpaired) electrons. The molecule has 0 bridgehead atoms. The van der Waals surface area contributed by atoms with Crippen molar-refractivity contribution in [2.45, 2.75) is 25.3 Å². The fraction of sp³-hybridized carbons (Fsp3) is 0.316. The second-order valence-corrected chi connectivity index (χ2v) is 6.89.